The van der Waals surface area contributed by atoms with E-state index in [0.29, 0.717) is 0 Å². The van der Waals surface area contributed by atoms with Crippen LogP contribution in [0.2, 0.25) is 0 Å². The van der Waals surface area contributed by atoms with Crippen LogP contribution in [0.3, 0.4) is 0 Å². The predicted octanol–water partition coefficient (Wildman–Crippen LogP) is -0.440. The van der Waals surface area contributed by atoms with Crippen LogP contribution in [0, 0.1) is 9.81 Å². The quantitative estimate of drug-likeness (QED) is 0.223. The molecule has 0 aliphatic carbocycles. The Balaban J connectivity index is 2.11. The minimum absolute atomic E-state index is 0.400. The second-order valence-electron chi connectivity index (χ2n) is 5.01. The summed E-state index contributed by atoms with van der Waals surface area (Å²) in [4.78, 5) is 44.7. The van der Waals surface area contributed by atoms with Crippen molar-refractivity contribution in [2.75, 3.05) is 0 Å². The first kappa shape index (κ1) is 21.6. The molecule has 2 radical (unpaired) electrons. The fourth-order valence-electron chi connectivity index (χ4n) is 2.01. The van der Waals surface area contributed by atoms with Gasteiger partial charge in [-0.2, -0.15) is 0 Å². The summed E-state index contributed by atoms with van der Waals surface area (Å²) in [5.74, 6) is -7.99. The number of aromatic hydroxyl groups is 2. The molecule has 2 aromatic carbocycles. The molecule has 0 spiro atoms. The van der Waals surface area contributed by atoms with E-state index in [-0.39, 0.29) is 0 Å². The number of nitrogens with zero attached hydrogens (tertiary/aromatic N) is 2. The van der Waals surface area contributed by atoms with E-state index >= 15 is 0 Å². The Morgan fingerprint density at radius 1 is 0.793 bits per heavy atom. The number of carboxylic acids is 2. The molecule has 0 aromatic heterocycles. The van der Waals surface area contributed by atoms with Crippen molar-refractivity contribution < 1.29 is 55.7 Å². The zero-order chi connectivity index (χ0) is 21.9. The van der Waals surface area contributed by atoms with E-state index in [1.54, 1.807) is 0 Å². The molecule has 0 aliphatic heterocycles. The Hall–Kier alpha value is -3.70. The fraction of sp³-hybridized carbons (Fsp3) is 0. The van der Waals surface area contributed by atoms with Gasteiger partial charge in [-0.15, -0.1) is 0 Å². The van der Waals surface area contributed by atoms with Crippen molar-refractivity contribution in [2.24, 2.45) is 0 Å². The number of benzene rings is 2. The van der Waals surface area contributed by atoms with Crippen molar-refractivity contribution >= 4 is 48.5 Å². The van der Waals surface area contributed by atoms with Crippen LogP contribution in [0.25, 0.3) is 0 Å². The second-order valence-corrected chi connectivity index (χ2v) is 7.07. The summed E-state index contributed by atoms with van der Waals surface area (Å²) in [6.07, 6.45) is 0. The summed E-state index contributed by atoms with van der Waals surface area (Å²) in [6.45, 7) is 0. The molecule has 15 heteroatoms. The SMILES string of the molecule is O=C(O)c1c(O)ccc([N+](=O)[O][Pb][O][N+](=O)c2ccc(O)c(C(=O)O)c2[O-])c1[O-]. The Labute approximate surface area is 172 Å². The molecule has 0 atom stereocenters. The maximum absolute atomic E-state index is 11.9. The number of hydrogen-bond donors (Lipinski definition) is 4. The average molecular weight is 603 g/mol. The molecule has 14 nitrogen and oxygen atoms in total. The Kier molecular flexibility index (Phi) is 6.36. The molecule has 0 unspecified atom stereocenters. The number of carboxylic acid groups (broad SMARTS) is 2. The first-order valence-electron chi connectivity index (χ1n) is 7.12. The van der Waals surface area contributed by atoms with Gasteiger partial charge >= 0.3 is 172 Å². The van der Waals surface area contributed by atoms with Gasteiger partial charge in [0.2, 0.25) is 0 Å². The Morgan fingerprint density at radius 2 is 1.14 bits per heavy atom. The van der Waals surface area contributed by atoms with Gasteiger partial charge in [-0.25, -0.2) is 0 Å². The third-order valence-electron chi connectivity index (χ3n) is 3.29. The molecule has 0 amide bonds. The molecule has 0 saturated carbocycles. The van der Waals surface area contributed by atoms with Crippen molar-refractivity contribution in [3.63, 3.8) is 0 Å². The molecule has 29 heavy (non-hydrogen) atoms. The molecule has 0 bridgehead atoms. The van der Waals surface area contributed by atoms with Gasteiger partial charge in [0, 0.05) is 0 Å². The number of phenols is 2. The van der Waals surface area contributed by atoms with Gasteiger partial charge in [0.25, 0.3) is 0 Å². The van der Waals surface area contributed by atoms with E-state index in [1.165, 1.54) is 0 Å². The van der Waals surface area contributed by atoms with E-state index < -0.39 is 92.4 Å². The van der Waals surface area contributed by atoms with Gasteiger partial charge in [-0.1, -0.05) is 0 Å². The number of hydrogen-bond acceptors (Lipinski definition) is 10. The third-order valence-corrected chi connectivity index (χ3v) is 5.16. The van der Waals surface area contributed by atoms with Crippen molar-refractivity contribution in [3.8, 4) is 23.0 Å². The van der Waals surface area contributed by atoms with E-state index in [0.717, 1.165) is 24.3 Å². The van der Waals surface area contributed by atoms with Gasteiger partial charge in [-0.05, 0) is 0 Å². The predicted molar refractivity (Wildman–Crippen MR) is 83.5 cm³/mol. The molecule has 0 saturated heterocycles. The monoisotopic (exact) mass is 604 g/mol. The van der Waals surface area contributed by atoms with Crippen molar-refractivity contribution in [2.45, 2.75) is 0 Å². The molecule has 4 N–H and O–H groups in total. The third kappa shape index (κ3) is 4.42. The van der Waals surface area contributed by atoms with Crippen molar-refractivity contribution in [3.05, 3.63) is 45.2 Å². The maximum atomic E-state index is 11.9. The van der Waals surface area contributed by atoms with E-state index in [1.807, 2.05) is 0 Å². The van der Waals surface area contributed by atoms with Crippen LogP contribution in [0.1, 0.15) is 20.7 Å². The molecule has 2 aromatic rings. The first-order chi connectivity index (χ1) is 13.6. The van der Waals surface area contributed by atoms with Crippen LogP contribution < -0.4 is 10.2 Å². The van der Waals surface area contributed by atoms with E-state index in [2.05, 4.69) is 5.58 Å². The summed E-state index contributed by atoms with van der Waals surface area (Å²) >= 11 is -3.11. The molecule has 2 rings (SSSR count). The summed E-state index contributed by atoms with van der Waals surface area (Å²) in [5, 5.41) is 60.2. The minimum atomic E-state index is -3.11. The zero-order valence-corrected chi connectivity index (χ0v) is 17.6. The molecule has 0 aliphatic rings. The van der Waals surface area contributed by atoms with Crippen LogP contribution in [-0.2, 0) is 5.58 Å². The van der Waals surface area contributed by atoms with Crippen molar-refractivity contribution in [1.82, 2.24) is 0 Å². The van der Waals surface area contributed by atoms with Crippen LogP contribution in [0.5, 0.6) is 23.0 Å². The summed E-state index contributed by atoms with van der Waals surface area (Å²) < 4.78 is 9.17. The second kappa shape index (κ2) is 8.54. The summed E-state index contributed by atoms with van der Waals surface area (Å²) in [5.41, 5.74) is -3.74. The zero-order valence-electron chi connectivity index (χ0n) is 13.8. The van der Waals surface area contributed by atoms with Crippen LogP contribution in [-0.4, -0.2) is 67.4 Å². The van der Waals surface area contributed by atoms with Gasteiger partial charge in [0.05, 0.1) is 0 Å². The Morgan fingerprint density at radius 3 is 1.45 bits per heavy atom. The van der Waals surface area contributed by atoms with Crippen LogP contribution >= 0.6 is 0 Å². The number of rotatable bonds is 8. The molecular weight excluding hydrogens is 595 g/mol. The van der Waals surface area contributed by atoms with E-state index in [9.17, 15) is 39.8 Å². The number of aromatic carboxylic acids is 2. The van der Waals surface area contributed by atoms with Crippen molar-refractivity contribution in [1.29, 1.82) is 0 Å². The van der Waals surface area contributed by atoms with Gasteiger partial charge in [-0.3, -0.25) is 0 Å². The van der Waals surface area contributed by atoms with Gasteiger partial charge in [0.1, 0.15) is 0 Å². The Bertz CT molecular complexity index is 956. The molecule has 0 heterocycles. The average Bonchev–Trinajstić information content (AvgIpc) is 2.60. The van der Waals surface area contributed by atoms with E-state index in [4.69, 9.17) is 10.2 Å². The number of carbonyl (C=O) groups is 2. The summed E-state index contributed by atoms with van der Waals surface area (Å²) in [6, 6.07) is 3.11. The standard InChI is InChI=1S/2C7H5NO6.Pb/c2*9-4-2-1-3(8(13)14)6(10)5(4)7(11)12;/h2*1-2,9-10H,(H,11,12);/q;;+2/p-2. The first-order valence-corrected chi connectivity index (χ1v) is 10.3. The normalized spacial score (nSPS) is 10.2. The molecular formula is C14H8N2O12Pb. The summed E-state index contributed by atoms with van der Waals surface area (Å²) in [7, 11) is 0. The molecule has 0 fully saturated rings. The van der Waals surface area contributed by atoms with Crippen LogP contribution in [0.4, 0.5) is 11.4 Å². The topological polar surface area (TPSA) is 220 Å². The van der Waals surface area contributed by atoms with Crippen LogP contribution in [0.15, 0.2) is 24.3 Å². The molecule has 150 valence electrons. The van der Waals surface area contributed by atoms with Gasteiger partial charge in [0.15, 0.2) is 0 Å². The fourth-order valence-corrected chi connectivity index (χ4v) is 3.43. The van der Waals surface area contributed by atoms with Gasteiger partial charge < -0.3 is 0 Å².